The topological polar surface area (TPSA) is 113 Å². The van der Waals surface area contributed by atoms with E-state index < -0.39 is 36.8 Å². The Morgan fingerprint density at radius 1 is 1.20 bits per heavy atom. The molecule has 0 aromatic carbocycles. The Hall–Kier alpha value is -1.96. The van der Waals surface area contributed by atoms with Crippen LogP contribution < -0.4 is 5.32 Å². The number of carboxylic acid groups (broad SMARTS) is 1. The molecule has 0 spiro atoms. The third-order valence-corrected chi connectivity index (χ3v) is 4.11. The average molecular weight is 282 g/mol. The van der Waals surface area contributed by atoms with Crippen molar-refractivity contribution in [3.05, 3.63) is 0 Å². The van der Waals surface area contributed by atoms with E-state index in [-0.39, 0.29) is 24.0 Å². The van der Waals surface area contributed by atoms with E-state index in [1.54, 1.807) is 0 Å². The van der Waals surface area contributed by atoms with Crippen LogP contribution in [0.4, 0.5) is 0 Å². The lowest BCUT2D eigenvalue weighted by Crippen LogP contribution is -2.43. The largest absolute Gasteiger partial charge is 0.480 e. The number of hydrogen-bond acceptors (Lipinski definition) is 5. The van der Waals surface area contributed by atoms with Gasteiger partial charge < -0.3 is 15.2 Å². The van der Waals surface area contributed by atoms with Gasteiger partial charge in [0.2, 0.25) is 17.7 Å². The van der Waals surface area contributed by atoms with Gasteiger partial charge in [-0.1, -0.05) is 0 Å². The molecule has 4 unspecified atom stereocenters. The van der Waals surface area contributed by atoms with Crippen molar-refractivity contribution in [2.24, 2.45) is 11.8 Å². The number of carboxylic acids is 1. The zero-order valence-corrected chi connectivity index (χ0v) is 10.6. The molecule has 0 saturated carbocycles. The van der Waals surface area contributed by atoms with Crippen LogP contribution in [0.25, 0.3) is 0 Å². The number of amides is 3. The van der Waals surface area contributed by atoms with Gasteiger partial charge in [-0.3, -0.25) is 24.1 Å². The molecule has 8 heteroatoms. The molecule has 3 fully saturated rings. The fourth-order valence-electron chi connectivity index (χ4n) is 3.30. The zero-order valence-electron chi connectivity index (χ0n) is 10.6. The molecule has 3 heterocycles. The minimum Gasteiger partial charge on any atom is -0.480 e. The number of imide groups is 1. The Morgan fingerprint density at radius 2 is 1.75 bits per heavy atom. The zero-order chi connectivity index (χ0) is 14.4. The molecule has 4 atom stereocenters. The molecule has 0 radical (unpaired) electrons. The maximum absolute atomic E-state index is 12.2. The number of nitrogens with zero attached hydrogens (tertiary/aromatic N) is 1. The van der Waals surface area contributed by atoms with E-state index in [1.807, 2.05) is 0 Å². The Kier molecular flexibility index (Phi) is 2.97. The van der Waals surface area contributed by atoms with Gasteiger partial charge in [0.05, 0.1) is 24.0 Å². The molecule has 3 amide bonds. The van der Waals surface area contributed by atoms with Gasteiger partial charge in [-0.25, -0.2) is 0 Å². The highest BCUT2D eigenvalue weighted by Crippen LogP contribution is 2.48. The van der Waals surface area contributed by atoms with Gasteiger partial charge in [0.15, 0.2) is 0 Å². The molecule has 2 bridgehead atoms. The smallest absolute Gasteiger partial charge is 0.322 e. The maximum Gasteiger partial charge on any atom is 0.322 e. The third-order valence-electron chi connectivity index (χ3n) is 4.11. The van der Waals surface area contributed by atoms with Gasteiger partial charge in [-0.2, -0.15) is 0 Å². The highest BCUT2D eigenvalue weighted by atomic mass is 16.5. The monoisotopic (exact) mass is 282 g/mol. The summed E-state index contributed by atoms with van der Waals surface area (Å²) in [6, 6.07) is 0. The second kappa shape index (κ2) is 4.55. The minimum atomic E-state index is -1.18. The van der Waals surface area contributed by atoms with Crippen molar-refractivity contribution < 1.29 is 29.0 Å². The van der Waals surface area contributed by atoms with E-state index >= 15 is 0 Å². The van der Waals surface area contributed by atoms with Gasteiger partial charge in [-0.05, 0) is 12.8 Å². The molecule has 3 rings (SSSR count). The number of carbonyl (C=O) groups is 4. The van der Waals surface area contributed by atoms with Crippen molar-refractivity contribution in [3.8, 4) is 0 Å². The minimum absolute atomic E-state index is 0.214. The van der Waals surface area contributed by atoms with E-state index in [4.69, 9.17) is 9.84 Å². The summed E-state index contributed by atoms with van der Waals surface area (Å²) >= 11 is 0. The number of hydrogen-bond donors (Lipinski definition) is 2. The van der Waals surface area contributed by atoms with Crippen molar-refractivity contribution in [1.29, 1.82) is 0 Å². The van der Waals surface area contributed by atoms with Gasteiger partial charge in [-0.15, -0.1) is 0 Å². The number of fused-ring (bicyclic) bond motifs is 5. The average Bonchev–Trinajstić information content (AvgIpc) is 3.06. The number of rotatable bonds is 4. The first-order valence-electron chi connectivity index (χ1n) is 6.48. The second-order valence-corrected chi connectivity index (χ2v) is 5.27. The summed E-state index contributed by atoms with van der Waals surface area (Å²) in [5.41, 5.74) is 0. The van der Waals surface area contributed by atoms with Crippen molar-refractivity contribution in [2.75, 3.05) is 13.1 Å². The van der Waals surface area contributed by atoms with Crippen LogP contribution in [-0.4, -0.2) is 59.0 Å². The standard InChI is InChI=1S/C12H14N2O6/c15-7(13-3-8(16)17)4-14-11(18)9-5-1-2-6(20-5)10(9)12(14)19/h5-6,9-10H,1-4H2,(H,13,15)(H,16,17). The van der Waals surface area contributed by atoms with Crippen molar-refractivity contribution in [1.82, 2.24) is 10.2 Å². The van der Waals surface area contributed by atoms with Gasteiger partial charge >= 0.3 is 5.97 Å². The molecule has 108 valence electrons. The first-order valence-corrected chi connectivity index (χ1v) is 6.48. The summed E-state index contributed by atoms with van der Waals surface area (Å²) in [4.78, 5) is 47.2. The predicted octanol–water partition coefficient (Wildman–Crippen LogP) is -1.65. The normalized spacial score (nSPS) is 34.5. The van der Waals surface area contributed by atoms with Crippen molar-refractivity contribution in [2.45, 2.75) is 25.0 Å². The third kappa shape index (κ3) is 1.87. The number of aliphatic carboxylic acids is 1. The lowest BCUT2D eigenvalue weighted by Gasteiger charge is -2.16. The molecule has 20 heavy (non-hydrogen) atoms. The summed E-state index contributed by atoms with van der Waals surface area (Å²) in [6.07, 6.45) is 1.11. The Labute approximate surface area is 114 Å². The van der Waals surface area contributed by atoms with Crippen LogP contribution in [0.15, 0.2) is 0 Å². The molecule has 0 aromatic heterocycles. The molecule has 0 aromatic rings. The highest BCUT2D eigenvalue weighted by molar-refractivity contribution is 6.08. The van der Waals surface area contributed by atoms with E-state index in [0.717, 1.165) is 17.7 Å². The van der Waals surface area contributed by atoms with Crippen molar-refractivity contribution >= 4 is 23.7 Å². The van der Waals surface area contributed by atoms with Gasteiger partial charge in [0.25, 0.3) is 0 Å². The number of likely N-dealkylation sites (tertiary alicyclic amines) is 1. The molecule has 3 aliphatic heterocycles. The van der Waals surface area contributed by atoms with Gasteiger partial charge in [0, 0.05) is 0 Å². The van der Waals surface area contributed by atoms with Gasteiger partial charge in [0.1, 0.15) is 13.1 Å². The quantitative estimate of drug-likeness (QED) is 0.597. The summed E-state index contributed by atoms with van der Waals surface area (Å²) in [6.45, 7) is -0.951. The molecule has 0 aliphatic carbocycles. The van der Waals surface area contributed by atoms with Crippen LogP contribution in [0.2, 0.25) is 0 Å². The Morgan fingerprint density at radius 3 is 2.25 bits per heavy atom. The van der Waals surface area contributed by atoms with E-state index in [2.05, 4.69) is 5.32 Å². The molecular weight excluding hydrogens is 268 g/mol. The van der Waals surface area contributed by atoms with Crippen molar-refractivity contribution in [3.63, 3.8) is 0 Å². The summed E-state index contributed by atoms with van der Waals surface area (Å²) in [5.74, 6) is -3.51. The lowest BCUT2D eigenvalue weighted by molar-refractivity contribution is -0.146. The SMILES string of the molecule is O=C(O)CNC(=O)CN1C(=O)C2C3CCC(O3)C2C1=O. The van der Waals surface area contributed by atoms with Crippen LogP contribution in [0.3, 0.4) is 0 Å². The number of carbonyl (C=O) groups excluding carboxylic acids is 3. The van der Waals surface area contributed by atoms with E-state index in [1.165, 1.54) is 0 Å². The Bertz CT molecular complexity index is 476. The van der Waals surface area contributed by atoms with Crippen LogP contribution in [0, 0.1) is 11.8 Å². The number of ether oxygens (including phenoxy) is 1. The first-order chi connectivity index (χ1) is 9.49. The second-order valence-electron chi connectivity index (χ2n) is 5.27. The van der Waals surface area contributed by atoms with Crippen LogP contribution in [0.5, 0.6) is 0 Å². The fourth-order valence-corrected chi connectivity index (χ4v) is 3.30. The molecule has 3 saturated heterocycles. The highest BCUT2D eigenvalue weighted by Gasteiger charge is 2.62. The Balaban J connectivity index is 1.66. The summed E-state index contributed by atoms with van der Waals surface area (Å²) in [7, 11) is 0. The molecule has 2 N–H and O–H groups in total. The van der Waals surface area contributed by atoms with E-state index in [9.17, 15) is 19.2 Å². The van der Waals surface area contributed by atoms with Crippen LogP contribution >= 0.6 is 0 Å². The summed E-state index contributed by atoms with van der Waals surface area (Å²) in [5, 5.41) is 10.6. The van der Waals surface area contributed by atoms with Crippen LogP contribution in [-0.2, 0) is 23.9 Å². The van der Waals surface area contributed by atoms with Crippen LogP contribution in [0.1, 0.15) is 12.8 Å². The van der Waals surface area contributed by atoms with E-state index in [0.29, 0.717) is 0 Å². The molecule has 8 nitrogen and oxygen atoms in total. The summed E-state index contributed by atoms with van der Waals surface area (Å²) < 4.78 is 5.57. The predicted molar refractivity (Wildman–Crippen MR) is 62.2 cm³/mol. The number of nitrogens with one attached hydrogen (secondary N) is 1. The molecular formula is C12H14N2O6. The first kappa shape index (κ1) is 13.0. The molecule has 3 aliphatic rings. The fraction of sp³-hybridized carbons (Fsp3) is 0.667. The lowest BCUT2D eigenvalue weighted by atomic mass is 9.81. The maximum atomic E-state index is 12.2.